The first kappa shape index (κ1) is 12.9. The molecule has 2 aliphatic rings. The highest BCUT2D eigenvalue weighted by Gasteiger charge is 2.26. The van der Waals surface area contributed by atoms with Crippen molar-refractivity contribution in [3.05, 3.63) is 18.1 Å². The van der Waals surface area contributed by atoms with Gasteiger partial charge in [-0.15, -0.1) is 0 Å². The second-order valence-electron chi connectivity index (χ2n) is 6.21. The Morgan fingerprint density at radius 2 is 2.00 bits per heavy atom. The number of nitrogens with one attached hydrogen (secondary N) is 1. The van der Waals surface area contributed by atoms with Gasteiger partial charge in [0.1, 0.15) is 5.82 Å². The van der Waals surface area contributed by atoms with Crippen molar-refractivity contribution >= 4 is 5.82 Å². The molecule has 0 aliphatic heterocycles. The minimum absolute atomic E-state index is 0.491. The summed E-state index contributed by atoms with van der Waals surface area (Å²) < 4.78 is 0. The molecule has 1 aromatic heterocycles. The van der Waals surface area contributed by atoms with Crippen LogP contribution in [0.1, 0.15) is 45.2 Å². The van der Waals surface area contributed by atoms with Gasteiger partial charge < -0.3 is 10.2 Å². The fraction of sp³-hybridized carbons (Fsp3) is 0.733. The van der Waals surface area contributed by atoms with Crippen molar-refractivity contribution in [3.63, 3.8) is 0 Å². The molecular formula is C15H24N4. The maximum atomic E-state index is 4.60. The maximum absolute atomic E-state index is 4.60. The van der Waals surface area contributed by atoms with Crippen molar-refractivity contribution in [3.8, 4) is 0 Å². The molecule has 2 aliphatic carbocycles. The van der Waals surface area contributed by atoms with Crippen LogP contribution < -0.4 is 10.2 Å². The fourth-order valence-corrected chi connectivity index (χ4v) is 2.27. The number of rotatable bonds is 7. The third kappa shape index (κ3) is 3.66. The van der Waals surface area contributed by atoms with Crippen LogP contribution >= 0.6 is 0 Å². The van der Waals surface area contributed by atoms with Crippen LogP contribution in [0.4, 0.5) is 5.82 Å². The van der Waals surface area contributed by atoms with Crippen molar-refractivity contribution < 1.29 is 0 Å². The van der Waals surface area contributed by atoms with Crippen LogP contribution in [0, 0.1) is 5.92 Å². The van der Waals surface area contributed by atoms with Gasteiger partial charge in [0.15, 0.2) is 0 Å². The molecule has 0 bridgehead atoms. The monoisotopic (exact) mass is 260 g/mol. The number of aromatic nitrogens is 2. The van der Waals surface area contributed by atoms with E-state index in [4.69, 9.17) is 0 Å². The highest BCUT2D eigenvalue weighted by molar-refractivity contribution is 5.37. The Hall–Kier alpha value is -1.16. The van der Waals surface area contributed by atoms with E-state index in [-0.39, 0.29) is 0 Å². The third-order valence-corrected chi connectivity index (χ3v) is 3.91. The summed E-state index contributed by atoms with van der Waals surface area (Å²) in [6.45, 7) is 6.44. The highest BCUT2D eigenvalue weighted by Crippen LogP contribution is 2.31. The van der Waals surface area contributed by atoms with E-state index in [9.17, 15) is 0 Å². The molecule has 0 saturated heterocycles. The van der Waals surface area contributed by atoms with Gasteiger partial charge in [-0.1, -0.05) is 0 Å². The van der Waals surface area contributed by atoms with Gasteiger partial charge in [0.2, 0.25) is 0 Å². The summed E-state index contributed by atoms with van der Waals surface area (Å²) in [4.78, 5) is 11.5. The lowest BCUT2D eigenvalue weighted by Crippen LogP contribution is -2.33. The van der Waals surface area contributed by atoms with Crippen LogP contribution in [-0.2, 0) is 6.54 Å². The van der Waals surface area contributed by atoms with Crippen molar-refractivity contribution in [2.45, 2.75) is 58.2 Å². The fourth-order valence-electron chi connectivity index (χ4n) is 2.27. The summed E-state index contributed by atoms with van der Waals surface area (Å²) >= 11 is 0. The van der Waals surface area contributed by atoms with E-state index >= 15 is 0 Å². The molecule has 0 atom stereocenters. The number of anilines is 1. The molecule has 0 amide bonds. The zero-order valence-corrected chi connectivity index (χ0v) is 12.0. The zero-order chi connectivity index (χ0) is 13.2. The van der Waals surface area contributed by atoms with Gasteiger partial charge in [-0.05, 0) is 45.4 Å². The van der Waals surface area contributed by atoms with E-state index in [0.717, 1.165) is 36.6 Å². The van der Waals surface area contributed by atoms with Crippen molar-refractivity contribution in [1.82, 2.24) is 15.3 Å². The second kappa shape index (κ2) is 5.45. The molecule has 4 heteroatoms. The molecule has 2 fully saturated rings. The second-order valence-corrected chi connectivity index (χ2v) is 6.21. The molecule has 0 aromatic carbocycles. The lowest BCUT2D eigenvalue weighted by Gasteiger charge is -2.27. The number of nitrogens with zero attached hydrogens (tertiary/aromatic N) is 3. The average Bonchev–Trinajstić information content (AvgIpc) is 3.27. The average molecular weight is 260 g/mol. The van der Waals surface area contributed by atoms with Crippen molar-refractivity contribution in [1.29, 1.82) is 0 Å². The van der Waals surface area contributed by atoms with Crippen LogP contribution in [0.2, 0.25) is 0 Å². The summed E-state index contributed by atoms with van der Waals surface area (Å²) in [5, 5.41) is 3.47. The van der Waals surface area contributed by atoms with Crippen molar-refractivity contribution in [2.24, 2.45) is 5.92 Å². The Morgan fingerprint density at radius 1 is 1.21 bits per heavy atom. The zero-order valence-electron chi connectivity index (χ0n) is 12.0. The van der Waals surface area contributed by atoms with E-state index in [0.29, 0.717) is 6.04 Å². The molecule has 3 rings (SSSR count). The van der Waals surface area contributed by atoms with Crippen LogP contribution in [-0.4, -0.2) is 28.6 Å². The van der Waals surface area contributed by atoms with Crippen LogP contribution in [0.5, 0.6) is 0 Å². The first-order valence-corrected chi connectivity index (χ1v) is 7.53. The summed E-state index contributed by atoms with van der Waals surface area (Å²) in [7, 11) is 0. The lowest BCUT2D eigenvalue weighted by molar-refractivity contribution is 0.631. The maximum Gasteiger partial charge on any atom is 0.147 e. The predicted molar refractivity (Wildman–Crippen MR) is 77.1 cm³/mol. The molecule has 0 spiro atoms. The van der Waals surface area contributed by atoms with E-state index in [2.05, 4.69) is 34.0 Å². The number of hydrogen-bond acceptors (Lipinski definition) is 4. The molecule has 0 unspecified atom stereocenters. The first-order chi connectivity index (χ1) is 9.22. The van der Waals surface area contributed by atoms with Crippen LogP contribution in [0.3, 0.4) is 0 Å². The Labute approximate surface area is 115 Å². The van der Waals surface area contributed by atoms with Gasteiger partial charge in [0.25, 0.3) is 0 Å². The smallest absolute Gasteiger partial charge is 0.147 e. The van der Waals surface area contributed by atoms with Crippen LogP contribution in [0.15, 0.2) is 12.4 Å². The van der Waals surface area contributed by atoms with Crippen molar-refractivity contribution in [2.75, 3.05) is 11.4 Å². The minimum atomic E-state index is 0.491. The highest BCUT2D eigenvalue weighted by atomic mass is 15.2. The predicted octanol–water partition coefficient (Wildman–Crippen LogP) is 2.35. The molecule has 1 N–H and O–H groups in total. The van der Waals surface area contributed by atoms with Gasteiger partial charge >= 0.3 is 0 Å². The summed E-state index contributed by atoms with van der Waals surface area (Å²) in [5.41, 5.74) is 1.05. The molecule has 1 heterocycles. The standard InChI is InChI=1S/C15H24N4/c1-11(2)19(10-12-3-4-12)15-9-17-14(8-18-15)7-16-13-5-6-13/h8-9,11-13,16H,3-7,10H2,1-2H3. The quantitative estimate of drug-likeness (QED) is 0.817. The normalized spacial score (nSPS) is 18.9. The van der Waals surface area contributed by atoms with Gasteiger partial charge in [-0.2, -0.15) is 0 Å². The molecule has 2 saturated carbocycles. The van der Waals surface area contributed by atoms with Gasteiger partial charge in [-0.25, -0.2) is 4.98 Å². The molecule has 4 nitrogen and oxygen atoms in total. The molecular weight excluding hydrogens is 236 g/mol. The van der Waals surface area contributed by atoms with E-state index < -0.39 is 0 Å². The topological polar surface area (TPSA) is 41.1 Å². The molecule has 19 heavy (non-hydrogen) atoms. The summed E-state index contributed by atoms with van der Waals surface area (Å²) in [5.74, 6) is 1.90. The Kier molecular flexibility index (Phi) is 3.69. The Morgan fingerprint density at radius 3 is 2.53 bits per heavy atom. The first-order valence-electron chi connectivity index (χ1n) is 7.53. The Bertz CT molecular complexity index is 407. The van der Waals surface area contributed by atoms with E-state index in [1.165, 1.54) is 25.7 Å². The number of hydrogen-bond donors (Lipinski definition) is 1. The van der Waals surface area contributed by atoms with E-state index in [1.807, 2.05) is 12.4 Å². The molecule has 0 radical (unpaired) electrons. The third-order valence-electron chi connectivity index (χ3n) is 3.91. The largest absolute Gasteiger partial charge is 0.353 e. The van der Waals surface area contributed by atoms with Gasteiger partial charge in [-0.3, -0.25) is 4.98 Å². The SMILES string of the molecule is CC(C)N(CC1CC1)c1cnc(CNC2CC2)cn1. The van der Waals surface area contributed by atoms with Gasteiger partial charge in [0.05, 0.1) is 18.1 Å². The summed E-state index contributed by atoms with van der Waals surface area (Å²) in [6, 6.07) is 1.22. The van der Waals surface area contributed by atoms with Gasteiger partial charge in [0, 0.05) is 25.2 Å². The summed E-state index contributed by atoms with van der Waals surface area (Å²) in [6.07, 6.45) is 9.24. The molecule has 104 valence electrons. The lowest BCUT2D eigenvalue weighted by atomic mass is 10.2. The van der Waals surface area contributed by atoms with E-state index in [1.54, 1.807) is 0 Å². The minimum Gasteiger partial charge on any atom is -0.353 e. The Balaban J connectivity index is 1.61. The van der Waals surface area contributed by atoms with Crippen LogP contribution in [0.25, 0.3) is 0 Å². The molecule has 1 aromatic rings.